The summed E-state index contributed by atoms with van der Waals surface area (Å²) in [5, 5.41) is 21.6. The average molecular weight is 475 g/mol. The van der Waals surface area contributed by atoms with Crippen LogP contribution in [0.15, 0.2) is 29.2 Å². The predicted octanol–water partition coefficient (Wildman–Crippen LogP) is 6.25. The van der Waals surface area contributed by atoms with E-state index in [1.165, 1.54) is 25.7 Å². The van der Waals surface area contributed by atoms with Gasteiger partial charge in [0.25, 0.3) is 0 Å². The van der Waals surface area contributed by atoms with Crippen LogP contribution < -0.4 is 0 Å². The van der Waals surface area contributed by atoms with Crippen molar-refractivity contribution >= 4 is 11.8 Å². The van der Waals surface area contributed by atoms with E-state index in [0.29, 0.717) is 23.0 Å². The zero-order valence-corrected chi connectivity index (χ0v) is 21.6. The molecule has 4 fully saturated rings. The molecule has 5 heteroatoms. The summed E-state index contributed by atoms with van der Waals surface area (Å²) in [4.78, 5) is 1.12. The van der Waals surface area contributed by atoms with E-state index in [-0.39, 0.29) is 11.2 Å². The fourth-order valence-corrected chi connectivity index (χ4v) is 9.95. The molecule has 4 aliphatic rings. The van der Waals surface area contributed by atoms with Crippen molar-refractivity contribution in [3.8, 4) is 5.75 Å². The number of thioether (sulfide) groups is 1. The number of fused-ring (bicyclic) bond motifs is 5. The number of hydrogen-bond donors (Lipinski definition) is 2. The van der Waals surface area contributed by atoms with Gasteiger partial charge >= 0.3 is 0 Å². The lowest BCUT2D eigenvalue weighted by molar-refractivity contribution is -0.262. The topological polar surface area (TPSA) is 58.9 Å². The van der Waals surface area contributed by atoms with E-state index in [0.717, 1.165) is 54.6 Å². The number of rotatable bonds is 5. The maximum Gasteiger partial charge on any atom is 0.167 e. The molecular weight excluding hydrogens is 432 g/mol. The number of methoxy groups -OCH3 is 2. The molecule has 4 saturated carbocycles. The standard InChI is InChI=1S/C28H42O4S/c1-25-15-16-28(31-3,32-4)17-19(25)5-10-22-23(25)11-13-26(2)24(22)12-14-27(26,30)18-33-21-8-6-20(29)7-9-21/h6-9,19,22-24,29-30H,5,10-18H2,1-4H3/t19-,22+,23-,24-,25-,26-,27+/m0/s1. The second-order valence-electron chi connectivity index (χ2n) is 12.0. The number of phenols is 1. The Balaban J connectivity index is 1.33. The Morgan fingerprint density at radius 2 is 1.61 bits per heavy atom. The van der Waals surface area contributed by atoms with E-state index >= 15 is 0 Å². The number of ether oxygens (including phenoxy) is 2. The van der Waals surface area contributed by atoms with Crippen molar-refractivity contribution in [3.63, 3.8) is 0 Å². The fourth-order valence-electron chi connectivity index (χ4n) is 8.74. The molecule has 0 radical (unpaired) electrons. The number of hydrogen-bond acceptors (Lipinski definition) is 5. The van der Waals surface area contributed by atoms with Crippen LogP contribution >= 0.6 is 11.8 Å². The van der Waals surface area contributed by atoms with Gasteiger partial charge in [-0.05, 0) is 98.3 Å². The first-order valence-corrected chi connectivity index (χ1v) is 13.9. The van der Waals surface area contributed by atoms with Gasteiger partial charge in [0.15, 0.2) is 5.79 Å². The maximum atomic E-state index is 12.0. The highest BCUT2D eigenvalue weighted by Crippen LogP contribution is 2.69. The molecule has 2 N–H and O–H groups in total. The highest BCUT2D eigenvalue weighted by molar-refractivity contribution is 7.99. The Morgan fingerprint density at radius 1 is 0.909 bits per heavy atom. The van der Waals surface area contributed by atoms with Crippen LogP contribution in [0.5, 0.6) is 5.75 Å². The molecule has 0 saturated heterocycles. The second kappa shape index (κ2) is 8.43. The van der Waals surface area contributed by atoms with Crippen molar-refractivity contribution < 1.29 is 19.7 Å². The van der Waals surface area contributed by atoms with E-state index in [9.17, 15) is 10.2 Å². The molecule has 0 aliphatic heterocycles. The molecule has 4 nitrogen and oxygen atoms in total. The van der Waals surface area contributed by atoms with Crippen LogP contribution in [-0.4, -0.2) is 41.6 Å². The summed E-state index contributed by atoms with van der Waals surface area (Å²) in [6, 6.07) is 7.39. The molecule has 0 unspecified atom stereocenters. The number of phenolic OH excluding ortho intramolecular Hbond substituents is 1. The quantitative estimate of drug-likeness (QED) is 0.390. The molecule has 4 aliphatic carbocycles. The molecule has 1 aromatic carbocycles. The van der Waals surface area contributed by atoms with Crippen molar-refractivity contribution in [1.29, 1.82) is 0 Å². The summed E-state index contributed by atoms with van der Waals surface area (Å²) in [6.45, 7) is 4.96. The SMILES string of the molecule is COC1(OC)CC[C@@]2(C)[C@@H](CC[C@@H]3[C@@H]2CC[C@@]2(C)[C@H]3CC[C@@]2(O)CSc2ccc(O)cc2)C1. The van der Waals surface area contributed by atoms with Gasteiger partial charge in [0.2, 0.25) is 0 Å². The third-order valence-corrected chi connectivity index (χ3v) is 12.3. The first-order chi connectivity index (χ1) is 15.7. The van der Waals surface area contributed by atoms with Crippen LogP contribution in [0.25, 0.3) is 0 Å². The van der Waals surface area contributed by atoms with Crippen LogP contribution in [-0.2, 0) is 9.47 Å². The molecule has 0 amide bonds. The minimum atomic E-state index is -0.614. The highest BCUT2D eigenvalue weighted by atomic mass is 32.2. The highest BCUT2D eigenvalue weighted by Gasteiger charge is 2.65. The minimum absolute atomic E-state index is 0.00122. The Hall–Kier alpha value is -0.750. The monoisotopic (exact) mass is 474 g/mol. The molecule has 0 spiro atoms. The van der Waals surface area contributed by atoms with E-state index in [2.05, 4.69) is 13.8 Å². The Labute approximate surface area is 203 Å². The number of aliphatic hydroxyl groups is 1. The van der Waals surface area contributed by atoms with Crippen molar-refractivity contribution in [1.82, 2.24) is 0 Å². The van der Waals surface area contributed by atoms with Crippen molar-refractivity contribution in [2.24, 2.45) is 34.5 Å². The summed E-state index contributed by atoms with van der Waals surface area (Å²) in [5.41, 5.74) is -0.248. The molecule has 0 bridgehead atoms. The largest absolute Gasteiger partial charge is 0.508 e. The molecule has 33 heavy (non-hydrogen) atoms. The molecule has 184 valence electrons. The van der Waals surface area contributed by atoms with Crippen LogP contribution in [0.3, 0.4) is 0 Å². The van der Waals surface area contributed by atoms with E-state index in [1.807, 2.05) is 12.1 Å². The molecule has 0 aromatic heterocycles. The second-order valence-corrected chi connectivity index (χ2v) is 13.0. The van der Waals surface area contributed by atoms with Crippen molar-refractivity contribution in [2.45, 2.75) is 87.9 Å². The first-order valence-electron chi connectivity index (χ1n) is 12.9. The van der Waals surface area contributed by atoms with Crippen LogP contribution in [0, 0.1) is 34.5 Å². The number of aromatic hydroxyl groups is 1. The van der Waals surface area contributed by atoms with Gasteiger partial charge in [-0.1, -0.05) is 13.8 Å². The summed E-state index contributed by atoms with van der Waals surface area (Å²) in [5.74, 6) is 3.43. The average Bonchev–Trinajstić information content (AvgIpc) is 3.09. The lowest BCUT2D eigenvalue weighted by atomic mass is 9.44. The van der Waals surface area contributed by atoms with Gasteiger partial charge in [0, 0.05) is 43.1 Å². The number of benzene rings is 1. The van der Waals surface area contributed by atoms with Crippen LogP contribution in [0.1, 0.15) is 71.6 Å². The Morgan fingerprint density at radius 3 is 2.30 bits per heavy atom. The summed E-state index contributed by atoms with van der Waals surface area (Å²) >= 11 is 1.74. The van der Waals surface area contributed by atoms with Crippen LogP contribution in [0.2, 0.25) is 0 Å². The predicted molar refractivity (Wildman–Crippen MR) is 132 cm³/mol. The molecule has 7 atom stereocenters. The van der Waals surface area contributed by atoms with Gasteiger partial charge in [-0.25, -0.2) is 0 Å². The minimum Gasteiger partial charge on any atom is -0.508 e. The van der Waals surface area contributed by atoms with Crippen LogP contribution in [0.4, 0.5) is 0 Å². The van der Waals surface area contributed by atoms with Gasteiger partial charge in [0.1, 0.15) is 5.75 Å². The first kappa shape index (κ1) is 24.0. The Bertz CT molecular complexity index is 854. The normalized spacial score (nSPS) is 44.0. The molecule has 0 heterocycles. The summed E-state index contributed by atoms with van der Waals surface area (Å²) in [7, 11) is 3.61. The lowest BCUT2D eigenvalue weighted by Crippen LogP contribution is -2.58. The fraction of sp³-hybridized carbons (Fsp3) is 0.786. The molecule has 5 rings (SSSR count). The van der Waals surface area contributed by atoms with E-state index in [4.69, 9.17) is 9.47 Å². The van der Waals surface area contributed by atoms with Gasteiger partial charge in [0.05, 0.1) is 5.60 Å². The van der Waals surface area contributed by atoms with E-state index < -0.39 is 5.60 Å². The lowest BCUT2D eigenvalue weighted by Gasteiger charge is -2.62. The summed E-state index contributed by atoms with van der Waals surface area (Å²) in [6.07, 6.45) is 10.2. The maximum absolute atomic E-state index is 12.0. The smallest absolute Gasteiger partial charge is 0.167 e. The van der Waals surface area contributed by atoms with Gasteiger partial charge in [-0.15, -0.1) is 11.8 Å². The van der Waals surface area contributed by atoms with E-state index in [1.54, 1.807) is 38.1 Å². The zero-order valence-electron chi connectivity index (χ0n) is 20.8. The van der Waals surface area contributed by atoms with Crippen molar-refractivity contribution in [2.75, 3.05) is 20.0 Å². The summed E-state index contributed by atoms with van der Waals surface area (Å²) < 4.78 is 11.7. The zero-order chi connectivity index (χ0) is 23.5. The van der Waals surface area contributed by atoms with Gasteiger partial charge in [-0.3, -0.25) is 0 Å². The van der Waals surface area contributed by atoms with Gasteiger partial charge in [-0.2, -0.15) is 0 Å². The van der Waals surface area contributed by atoms with Crippen molar-refractivity contribution in [3.05, 3.63) is 24.3 Å². The molecular formula is C28H42O4S. The van der Waals surface area contributed by atoms with Gasteiger partial charge < -0.3 is 19.7 Å². The third kappa shape index (κ3) is 3.68. The molecule has 1 aromatic rings. The third-order valence-electron chi connectivity index (χ3n) is 11.0. The Kier molecular flexibility index (Phi) is 6.12.